The zero-order valence-corrected chi connectivity index (χ0v) is 17.5. The maximum absolute atomic E-state index is 5.52. The first kappa shape index (κ1) is 19.8. The number of benzene rings is 1. The first-order valence-electron chi connectivity index (χ1n) is 10.6. The number of ether oxygens (including phenoxy) is 1. The molecule has 0 saturated carbocycles. The highest BCUT2D eigenvalue weighted by atomic mass is 16.5. The molecule has 7 heteroatoms. The summed E-state index contributed by atoms with van der Waals surface area (Å²) in [6.45, 7) is 8.55. The van der Waals surface area contributed by atoms with Crippen molar-refractivity contribution >= 4 is 11.6 Å². The first-order chi connectivity index (χ1) is 14.3. The van der Waals surface area contributed by atoms with Gasteiger partial charge >= 0.3 is 0 Å². The summed E-state index contributed by atoms with van der Waals surface area (Å²) in [6.07, 6.45) is 7.01. The maximum Gasteiger partial charge on any atom is 0.193 e. The Morgan fingerprint density at radius 1 is 1.24 bits per heavy atom. The van der Waals surface area contributed by atoms with E-state index in [1.165, 1.54) is 11.3 Å². The molecule has 29 heavy (non-hydrogen) atoms. The van der Waals surface area contributed by atoms with Crippen molar-refractivity contribution in [2.24, 2.45) is 10.9 Å². The van der Waals surface area contributed by atoms with Crippen LogP contribution in [0.5, 0.6) is 0 Å². The average Bonchev–Trinajstić information content (AvgIpc) is 3.31. The molecule has 1 aromatic heterocycles. The van der Waals surface area contributed by atoms with Crippen molar-refractivity contribution in [1.82, 2.24) is 19.8 Å². The van der Waals surface area contributed by atoms with Crippen LogP contribution in [-0.2, 0) is 11.3 Å². The number of aliphatic imine (C=N–C) groups is 1. The van der Waals surface area contributed by atoms with Crippen LogP contribution >= 0.6 is 0 Å². The Morgan fingerprint density at radius 3 is 2.83 bits per heavy atom. The minimum absolute atomic E-state index is 0.422. The van der Waals surface area contributed by atoms with E-state index in [4.69, 9.17) is 4.74 Å². The van der Waals surface area contributed by atoms with Crippen LogP contribution < -0.4 is 10.2 Å². The van der Waals surface area contributed by atoms with Gasteiger partial charge in [-0.05, 0) is 24.0 Å². The van der Waals surface area contributed by atoms with Gasteiger partial charge in [0.25, 0.3) is 0 Å². The number of rotatable bonds is 4. The number of likely N-dealkylation sites (tertiary alicyclic amines) is 1. The number of anilines is 1. The molecule has 3 heterocycles. The van der Waals surface area contributed by atoms with Gasteiger partial charge in [0, 0.05) is 57.9 Å². The van der Waals surface area contributed by atoms with Crippen LogP contribution in [0.3, 0.4) is 0 Å². The number of hydrogen-bond acceptors (Lipinski definition) is 4. The zero-order chi connectivity index (χ0) is 20.1. The molecule has 156 valence electrons. The molecular weight excluding hydrogens is 364 g/mol. The zero-order valence-electron chi connectivity index (χ0n) is 17.5. The van der Waals surface area contributed by atoms with Crippen LogP contribution in [0.2, 0.25) is 0 Å². The molecule has 0 radical (unpaired) electrons. The number of nitrogens with one attached hydrogen (secondary N) is 1. The van der Waals surface area contributed by atoms with Crippen LogP contribution in [0.1, 0.15) is 24.9 Å². The monoisotopic (exact) mass is 396 g/mol. The summed E-state index contributed by atoms with van der Waals surface area (Å²) in [5.74, 6) is 1.60. The van der Waals surface area contributed by atoms with Crippen molar-refractivity contribution in [3.05, 3.63) is 48.5 Å². The summed E-state index contributed by atoms with van der Waals surface area (Å²) in [6, 6.07) is 9.07. The Bertz CT molecular complexity index is 799. The summed E-state index contributed by atoms with van der Waals surface area (Å²) in [4.78, 5) is 13.6. The summed E-state index contributed by atoms with van der Waals surface area (Å²) in [7, 11) is 1.88. The summed E-state index contributed by atoms with van der Waals surface area (Å²) < 4.78 is 7.75. The van der Waals surface area contributed by atoms with Crippen molar-refractivity contribution < 1.29 is 4.74 Å². The highest BCUT2D eigenvalue weighted by Gasteiger charge is 2.29. The van der Waals surface area contributed by atoms with Crippen LogP contribution in [0.15, 0.2) is 48.0 Å². The molecule has 2 aliphatic rings. The smallest absolute Gasteiger partial charge is 0.193 e. The molecule has 2 unspecified atom stereocenters. The second-order valence-electron chi connectivity index (χ2n) is 7.92. The number of hydrogen-bond donors (Lipinski definition) is 1. The van der Waals surface area contributed by atoms with Gasteiger partial charge in [-0.3, -0.25) is 4.99 Å². The van der Waals surface area contributed by atoms with Crippen LogP contribution in [-0.4, -0.2) is 66.9 Å². The Hall–Kier alpha value is -2.54. The van der Waals surface area contributed by atoms with Crippen LogP contribution in [0, 0.1) is 5.92 Å². The first-order valence-corrected chi connectivity index (χ1v) is 10.6. The summed E-state index contributed by atoms with van der Waals surface area (Å²) in [5.41, 5.74) is 2.59. The Morgan fingerprint density at radius 2 is 2.07 bits per heavy atom. The topological polar surface area (TPSA) is 57.9 Å². The second kappa shape index (κ2) is 9.31. The van der Waals surface area contributed by atoms with E-state index in [9.17, 15) is 0 Å². The summed E-state index contributed by atoms with van der Waals surface area (Å²) >= 11 is 0. The van der Waals surface area contributed by atoms with Gasteiger partial charge in [0.1, 0.15) is 0 Å². The molecule has 2 atom stereocenters. The van der Waals surface area contributed by atoms with E-state index < -0.39 is 0 Å². The predicted molar refractivity (Wildman–Crippen MR) is 116 cm³/mol. The van der Waals surface area contributed by atoms with Gasteiger partial charge in [-0.15, -0.1) is 0 Å². The number of imidazole rings is 1. The van der Waals surface area contributed by atoms with E-state index in [-0.39, 0.29) is 0 Å². The lowest BCUT2D eigenvalue weighted by molar-refractivity contribution is 0.122. The van der Waals surface area contributed by atoms with Crippen LogP contribution in [0.4, 0.5) is 5.69 Å². The maximum atomic E-state index is 5.52. The fourth-order valence-corrected chi connectivity index (χ4v) is 4.37. The molecule has 2 fully saturated rings. The Kier molecular flexibility index (Phi) is 6.34. The van der Waals surface area contributed by atoms with E-state index in [1.807, 2.05) is 19.6 Å². The van der Waals surface area contributed by atoms with Gasteiger partial charge in [0.15, 0.2) is 5.96 Å². The Balaban J connectivity index is 1.42. The van der Waals surface area contributed by atoms with E-state index in [1.54, 1.807) is 0 Å². The Labute approximate surface area is 173 Å². The van der Waals surface area contributed by atoms with E-state index >= 15 is 0 Å². The molecule has 2 aromatic rings. The molecule has 4 rings (SSSR count). The molecule has 2 saturated heterocycles. The number of aromatic nitrogens is 2. The minimum Gasteiger partial charge on any atom is -0.378 e. The van der Waals surface area contributed by atoms with Gasteiger partial charge in [0.05, 0.1) is 25.6 Å². The highest BCUT2D eigenvalue weighted by Crippen LogP contribution is 2.27. The van der Waals surface area contributed by atoms with E-state index in [0.717, 1.165) is 58.3 Å². The number of morpholine rings is 1. The second-order valence-corrected chi connectivity index (χ2v) is 7.92. The van der Waals surface area contributed by atoms with Crippen molar-refractivity contribution in [2.45, 2.75) is 25.9 Å². The largest absolute Gasteiger partial charge is 0.378 e. The van der Waals surface area contributed by atoms with E-state index in [2.05, 4.69) is 67.0 Å². The molecule has 1 aromatic carbocycles. The van der Waals surface area contributed by atoms with Gasteiger partial charge in [-0.25, -0.2) is 4.98 Å². The molecule has 0 amide bonds. The summed E-state index contributed by atoms with van der Waals surface area (Å²) in [5, 5.41) is 3.61. The number of guanidine groups is 1. The van der Waals surface area contributed by atoms with Crippen molar-refractivity contribution in [2.75, 3.05) is 51.3 Å². The average molecular weight is 397 g/mol. The van der Waals surface area contributed by atoms with E-state index in [0.29, 0.717) is 12.0 Å². The molecular formula is C22H32N6O. The number of piperidine rings is 1. The predicted octanol–water partition coefficient (Wildman–Crippen LogP) is 2.38. The third kappa shape index (κ3) is 4.56. The van der Waals surface area contributed by atoms with Gasteiger partial charge in [0.2, 0.25) is 0 Å². The lowest BCUT2D eigenvalue weighted by Crippen LogP contribution is -2.48. The minimum atomic E-state index is 0.422. The van der Waals surface area contributed by atoms with Crippen molar-refractivity contribution in [1.29, 1.82) is 0 Å². The highest BCUT2D eigenvalue weighted by molar-refractivity contribution is 5.80. The van der Waals surface area contributed by atoms with Gasteiger partial charge in [-0.2, -0.15) is 0 Å². The molecule has 0 aliphatic carbocycles. The SMILES string of the molecule is CN=C(NCc1ccccc1N1CCOCC1)N1CCC(C)C(n2ccnc2)C1. The molecule has 2 aliphatic heterocycles. The number of para-hydroxylation sites is 1. The quantitative estimate of drug-likeness (QED) is 0.635. The molecule has 0 spiro atoms. The van der Waals surface area contributed by atoms with Crippen LogP contribution in [0.25, 0.3) is 0 Å². The normalized spacial score (nSPS) is 23.3. The third-order valence-corrected chi connectivity index (χ3v) is 6.12. The third-order valence-electron chi connectivity index (χ3n) is 6.12. The molecule has 7 nitrogen and oxygen atoms in total. The molecule has 0 bridgehead atoms. The molecule has 1 N–H and O–H groups in total. The fourth-order valence-electron chi connectivity index (χ4n) is 4.37. The standard InChI is InChI=1S/C22H32N6O/c1-18-7-9-27(16-21(18)28-10-8-24-17-28)22(23-2)25-15-19-5-3-4-6-20(19)26-11-13-29-14-12-26/h3-6,8,10,17-18,21H,7,9,11-16H2,1-2H3,(H,23,25). The lowest BCUT2D eigenvalue weighted by atomic mass is 9.93. The van der Waals surface area contributed by atoms with Gasteiger partial charge < -0.3 is 24.4 Å². The van der Waals surface area contributed by atoms with Crippen molar-refractivity contribution in [3.8, 4) is 0 Å². The lowest BCUT2D eigenvalue weighted by Gasteiger charge is -2.39. The fraction of sp³-hybridized carbons (Fsp3) is 0.545. The van der Waals surface area contributed by atoms with Gasteiger partial charge in [-0.1, -0.05) is 25.1 Å². The van der Waals surface area contributed by atoms with Crippen molar-refractivity contribution in [3.63, 3.8) is 0 Å². The number of nitrogens with zero attached hydrogens (tertiary/aromatic N) is 5.